The quantitative estimate of drug-likeness (QED) is 0.219. The van der Waals surface area contributed by atoms with Crippen molar-refractivity contribution < 1.29 is 9.53 Å². The molecule has 4 aromatic rings. The van der Waals surface area contributed by atoms with Crippen molar-refractivity contribution >= 4 is 34.5 Å². The Hall–Kier alpha value is -3.62. The van der Waals surface area contributed by atoms with E-state index in [0.717, 1.165) is 85.9 Å². The second kappa shape index (κ2) is 12.9. The number of fused-ring (bicyclic) bond motifs is 1. The summed E-state index contributed by atoms with van der Waals surface area (Å²) < 4.78 is 5.50. The van der Waals surface area contributed by atoms with Gasteiger partial charge in [-0.25, -0.2) is 14.8 Å². The van der Waals surface area contributed by atoms with Crippen LogP contribution >= 0.6 is 11.6 Å². The fraction of sp³-hybridized carbons (Fsp3) is 0.406. The van der Waals surface area contributed by atoms with E-state index in [-0.39, 0.29) is 6.09 Å². The maximum atomic E-state index is 12.5. The molecule has 41 heavy (non-hydrogen) atoms. The lowest BCUT2D eigenvalue weighted by atomic mass is 9.85. The summed E-state index contributed by atoms with van der Waals surface area (Å²) in [5.41, 5.74) is 3.81. The van der Waals surface area contributed by atoms with E-state index in [4.69, 9.17) is 21.3 Å². The van der Waals surface area contributed by atoms with Gasteiger partial charge in [0.25, 0.3) is 0 Å². The highest BCUT2D eigenvalue weighted by Crippen LogP contribution is 2.33. The van der Waals surface area contributed by atoms with Gasteiger partial charge in [-0.05, 0) is 62.6 Å². The first kappa shape index (κ1) is 27.5. The average Bonchev–Trinajstić information content (AvgIpc) is 3.45. The van der Waals surface area contributed by atoms with E-state index < -0.39 is 0 Å². The van der Waals surface area contributed by atoms with Crippen LogP contribution in [0.25, 0.3) is 22.2 Å². The highest BCUT2D eigenvalue weighted by atomic mass is 35.5. The molecule has 2 aromatic heterocycles. The molecule has 0 atom stereocenters. The first-order chi connectivity index (χ1) is 20.1. The standard InChI is InChI=1S/C32H37ClN6O2/c33-28-20-36-31(38-30(28)27-19-35-29-9-5-4-8-26(27)29)37-25-12-10-22(11-13-25)18-34-24-14-16-39(17-15-24)32(40)41-21-23-6-2-1-3-7-23/h1-9,19-20,22,24-25,34-35H,10-18,21H2,(H,36,37,38). The summed E-state index contributed by atoms with van der Waals surface area (Å²) in [4.78, 5) is 26.9. The minimum absolute atomic E-state index is 0.212. The predicted octanol–water partition coefficient (Wildman–Crippen LogP) is 6.64. The minimum atomic E-state index is -0.212. The number of H-pyrrole nitrogens is 1. The minimum Gasteiger partial charge on any atom is -0.445 e. The van der Waals surface area contributed by atoms with Gasteiger partial charge in [-0.2, -0.15) is 0 Å². The van der Waals surface area contributed by atoms with Crippen molar-refractivity contribution in [3.05, 3.63) is 77.6 Å². The van der Waals surface area contributed by atoms with Crippen molar-refractivity contribution in [1.29, 1.82) is 0 Å². The maximum absolute atomic E-state index is 12.5. The van der Waals surface area contributed by atoms with Gasteiger partial charge in [-0.1, -0.05) is 60.1 Å². The summed E-state index contributed by atoms with van der Waals surface area (Å²) in [5.74, 6) is 1.29. The highest BCUT2D eigenvalue weighted by molar-refractivity contribution is 6.33. The molecule has 1 saturated carbocycles. The summed E-state index contributed by atoms with van der Waals surface area (Å²) in [5, 5.41) is 8.98. The Morgan fingerprint density at radius 3 is 2.54 bits per heavy atom. The average molecular weight is 573 g/mol. The van der Waals surface area contributed by atoms with E-state index in [2.05, 4.69) is 26.7 Å². The first-order valence-electron chi connectivity index (χ1n) is 14.7. The SMILES string of the molecule is O=C(OCc1ccccc1)N1CCC(NCC2CCC(Nc3ncc(Cl)c(-c4c[nH]c5ccccc45)n3)CC2)CC1. The summed E-state index contributed by atoms with van der Waals surface area (Å²) in [6.07, 6.45) is 9.88. The molecule has 0 unspecified atom stereocenters. The molecule has 8 nitrogen and oxygen atoms in total. The molecule has 9 heteroatoms. The van der Waals surface area contributed by atoms with Gasteiger partial charge in [0.2, 0.25) is 5.95 Å². The van der Waals surface area contributed by atoms with Crippen LogP contribution in [0.2, 0.25) is 5.02 Å². The third-order valence-electron chi connectivity index (χ3n) is 8.42. The van der Waals surface area contributed by atoms with Gasteiger partial charge in [0.1, 0.15) is 6.61 Å². The van der Waals surface area contributed by atoms with Gasteiger partial charge in [-0.3, -0.25) is 0 Å². The van der Waals surface area contributed by atoms with Gasteiger partial charge < -0.3 is 25.3 Å². The number of hydrogen-bond donors (Lipinski definition) is 3. The summed E-state index contributed by atoms with van der Waals surface area (Å²) in [7, 11) is 0. The number of carbonyl (C=O) groups is 1. The monoisotopic (exact) mass is 572 g/mol. The predicted molar refractivity (Wildman–Crippen MR) is 163 cm³/mol. The Bertz CT molecular complexity index is 1450. The lowest BCUT2D eigenvalue weighted by Crippen LogP contribution is -2.46. The van der Waals surface area contributed by atoms with Gasteiger partial charge in [0.05, 0.1) is 16.9 Å². The fourth-order valence-corrected chi connectivity index (χ4v) is 6.19. The molecule has 1 saturated heterocycles. The van der Waals surface area contributed by atoms with E-state index in [1.807, 2.05) is 59.6 Å². The zero-order valence-electron chi connectivity index (χ0n) is 23.2. The number of ether oxygens (including phenoxy) is 1. The van der Waals surface area contributed by atoms with Crippen LogP contribution in [0.15, 0.2) is 67.0 Å². The van der Waals surface area contributed by atoms with Crippen molar-refractivity contribution in [2.24, 2.45) is 5.92 Å². The molecule has 2 aromatic carbocycles. The molecular weight excluding hydrogens is 536 g/mol. The van der Waals surface area contributed by atoms with Crippen LogP contribution in [0.3, 0.4) is 0 Å². The number of nitrogens with zero attached hydrogens (tertiary/aromatic N) is 3. The van der Waals surface area contributed by atoms with Crippen molar-refractivity contribution in [2.75, 3.05) is 25.0 Å². The number of nitrogens with one attached hydrogen (secondary N) is 3. The third kappa shape index (κ3) is 6.82. The van der Waals surface area contributed by atoms with Crippen LogP contribution < -0.4 is 10.6 Å². The number of likely N-dealkylation sites (tertiary alicyclic amines) is 1. The molecule has 2 fully saturated rings. The van der Waals surface area contributed by atoms with E-state index >= 15 is 0 Å². The molecule has 214 valence electrons. The van der Waals surface area contributed by atoms with E-state index in [9.17, 15) is 4.79 Å². The number of carbonyl (C=O) groups excluding carboxylic acids is 1. The smallest absolute Gasteiger partial charge is 0.410 e. The van der Waals surface area contributed by atoms with Crippen molar-refractivity contribution in [3.8, 4) is 11.3 Å². The number of benzene rings is 2. The number of para-hydroxylation sites is 1. The second-order valence-corrected chi connectivity index (χ2v) is 11.6. The fourth-order valence-electron chi connectivity index (χ4n) is 6.00. The largest absolute Gasteiger partial charge is 0.445 e. The maximum Gasteiger partial charge on any atom is 0.410 e. The molecule has 0 radical (unpaired) electrons. The van der Waals surface area contributed by atoms with Crippen LogP contribution in [0, 0.1) is 5.92 Å². The highest BCUT2D eigenvalue weighted by Gasteiger charge is 2.26. The van der Waals surface area contributed by atoms with E-state index in [1.54, 1.807) is 6.20 Å². The molecule has 1 amide bonds. The Labute approximate surface area is 245 Å². The Morgan fingerprint density at radius 2 is 1.73 bits per heavy atom. The van der Waals surface area contributed by atoms with Gasteiger partial charge in [0.15, 0.2) is 0 Å². The zero-order valence-corrected chi connectivity index (χ0v) is 23.9. The van der Waals surface area contributed by atoms with E-state index in [0.29, 0.717) is 35.6 Å². The number of anilines is 1. The van der Waals surface area contributed by atoms with Crippen LogP contribution in [0.1, 0.15) is 44.1 Å². The van der Waals surface area contributed by atoms with E-state index in [1.165, 1.54) is 0 Å². The number of aromatic amines is 1. The Morgan fingerprint density at radius 1 is 0.976 bits per heavy atom. The number of hydrogen-bond acceptors (Lipinski definition) is 6. The molecule has 6 rings (SSSR count). The van der Waals surface area contributed by atoms with Gasteiger partial charge in [-0.15, -0.1) is 0 Å². The summed E-state index contributed by atoms with van der Waals surface area (Å²) in [6, 6.07) is 18.8. The number of amides is 1. The van der Waals surface area contributed by atoms with Gasteiger partial charge in [0, 0.05) is 47.8 Å². The lowest BCUT2D eigenvalue weighted by molar-refractivity contribution is 0.0848. The lowest BCUT2D eigenvalue weighted by Gasteiger charge is -2.34. The molecule has 1 aliphatic heterocycles. The van der Waals surface area contributed by atoms with Gasteiger partial charge >= 0.3 is 6.09 Å². The number of rotatable bonds is 8. The zero-order chi connectivity index (χ0) is 28.0. The normalized spacial score (nSPS) is 19.8. The van der Waals surface area contributed by atoms with Crippen LogP contribution in [-0.4, -0.2) is 57.7 Å². The molecule has 0 bridgehead atoms. The molecule has 0 spiro atoms. The van der Waals surface area contributed by atoms with Crippen molar-refractivity contribution in [2.45, 2.75) is 57.2 Å². The van der Waals surface area contributed by atoms with Crippen LogP contribution in [-0.2, 0) is 11.3 Å². The summed E-state index contributed by atoms with van der Waals surface area (Å²) >= 11 is 6.51. The molecule has 1 aliphatic carbocycles. The number of piperidine rings is 1. The molecule has 3 heterocycles. The molecular formula is C32H37ClN6O2. The molecule has 3 N–H and O–H groups in total. The number of aromatic nitrogens is 3. The topological polar surface area (TPSA) is 95.2 Å². The van der Waals surface area contributed by atoms with Crippen molar-refractivity contribution in [1.82, 2.24) is 25.2 Å². The van der Waals surface area contributed by atoms with Crippen LogP contribution in [0.5, 0.6) is 0 Å². The van der Waals surface area contributed by atoms with Crippen molar-refractivity contribution in [3.63, 3.8) is 0 Å². The Kier molecular flexibility index (Phi) is 8.68. The first-order valence-corrected chi connectivity index (χ1v) is 15.0. The molecule has 2 aliphatic rings. The number of halogens is 1. The summed E-state index contributed by atoms with van der Waals surface area (Å²) in [6.45, 7) is 2.83. The van der Waals surface area contributed by atoms with Crippen LogP contribution in [0.4, 0.5) is 10.7 Å². The Balaban J connectivity index is 0.924. The third-order valence-corrected chi connectivity index (χ3v) is 8.70. The second-order valence-electron chi connectivity index (χ2n) is 11.2.